The fraction of sp³-hybridized carbons (Fsp3) is 0.533. The molecule has 0 aromatic carbocycles. The summed E-state index contributed by atoms with van der Waals surface area (Å²) in [5.74, 6) is 1.91. The van der Waals surface area contributed by atoms with E-state index in [1.807, 2.05) is 0 Å². The highest BCUT2D eigenvalue weighted by Gasteiger charge is 2.39. The van der Waals surface area contributed by atoms with Crippen LogP contribution < -0.4 is 11.1 Å². The van der Waals surface area contributed by atoms with Gasteiger partial charge in [0.15, 0.2) is 0 Å². The third-order valence-electron chi connectivity index (χ3n) is 4.35. The molecular formula is C15H18N4O2. The minimum atomic E-state index is -0.502. The van der Waals surface area contributed by atoms with Crippen molar-refractivity contribution >= 4 is 22.8 Å². The minimum absolute atomic E-state index is 0.0577. The number of fused-ring (bicyclic) bond motifs is 1. The molecule has 2 fully saturated rings. The summed E-state index contributed by atoms with van der Waals surface area (Å²) in [6, 6.07) is 0. The highest BCUT2D eigenvalue weighted by atomic mass is 16.3. The van der Waals surface area contributed by atoms with Crippen LogP contribution in [0, 0.1) is 6.92 Å². The standard InChI is InChI=1S/C15H18N4O2/c1-7-9(11(16)20)10-13(19-15(2)5-6-15)17-12(8-3-4-8)18-14(10)21-7/h8H,3-6H2,1-2H3,(H2,16,20)(H,17,18,19). The van der Waals surface area contributed by atoms with Crippen LogP contribution >= 0.6 is 0 Å². The van der Waals surface area contributed by atoms with E-state index in [2.05, 4.69) is 22.2 Å². The number of aromatic nitrogens is 2. The first-order valence-electron chi connectivity index (χ1n) is 7.36. The molecule has 2 aromatic rings. The van der Waals surface area contributed by atoms with Crippen molar-refractivity contribution in [3.63, 3.8) is 0 Å². The van der Waals surface area contributed by atoms with Crippen LogP contribution in [0.4, 0.5) is 5.82 Å². The summed E-state index contributed by atoms with van der Waals surface area (Å²) < 4.78 is 5.66. The number of amides is 1. The highest BCUT2D eigenvalue weighted by molar-refractivity contribution is 6.09. The van der Waals surface area contributed by atoms with Crippen molar-refractivity contribution < 1.29 is 9.21 Å². The monoisotopic (exact) mass is 286 g/mol. The molecule has 0 spiro atoms. The first kappa shape index (κ1) is 12.6. The Hall–Kier alpha value is -2.11. The van der Waals surface area contributed by atoms with Crippen molar-refractivity contribution in [1.29, 1.82) is 0 Å². The van der Waals surface area contributed by atoms with Crippen molar-refractivity contribution in [3.8, 4) is 0 Å². The van der Waals surface area contributed by atoms with Gasteiger partial charge in [0.2, 0.25) is 5.71 Å². The Morgan fingerprint density at radius 1 is 1.38 bits per heavy atom. The van der Waals surface area contributed by atoms with E-state index in [0.717, 1.165) is 31.5 Å². The Kier molecular flexibility index (Phi) is 2.38. The molecule has 1 amide bonds. The van der Waals surface area contributed by atoms with E-state index in [0.29, 0.717) is 34.2 Å². The molecule has 6 nitrogen and oxygen atoms in total. The Morgan fingerprint density at radius 3 is 2.67 bits per heavy atom. The second-order valence-corrected chi connectivity index (χ2v) is 6.47. The van der Waals surface area contributed by atoms with Crippen LogP contribution in [-0.2, 0) is 0 Å². The second kappa shape index (κ2) is 3.96. The maximum Gasteiger partial charge on any atom is 0.253 e. The summed E-state index contributed by atoms with van der Waals surface area (Å²) >= 11 is 0. The minimum Gasteiger partial charge on any atom is -0.442 e. The van der Waals surface area contributed by atoms with Crippen molar-refractivity contribution in [2.45, 2.75) is 51.0 Å². The number of rotatable bonds is 4. The van der Waals surface area contributed by atoms with Gasteiger partial charge in [0.05, 0.1) is 10.9 Å². The van der Waals surface area contributed by atoms with E-state index in [1.54, 1.807) is 6.92 Å². The molecule has 21 heavy (non-hydrogen) atoms. The molecule has 2 saturated carbocycles. The van der Waals surface area contributed by atoms with Gasteiger partial charge in [0, 0.05) is 11.5 Å². The van der Waals surface area contributed by atoms with E-state index in [9.17, 15) is 4.79 Å². The molecular weight excluding hydrogens is 268 g/mol. The quantitative estimate of drug-likeness (QED) is 0.900. The number of carbonyl (C=O) groups is 1. The van der Waals surface area contributed by atoms with E-state index in [-0.39, 0.29) is 5.54 Å². The molecule has 0 atom stereocenters. The first-order valence-corrected chi connectivity index (χ1v) is 7.36. The lowest BCUT2D eigenvalue weighted by atomic mass is 10.1. The number of furan rings is 1. The van der Waals surface area contributed by atoms with Crippen LogP contribution in [-0.4, -0.2) is 21.4 Å². The predicted molar refractivity (Wildman–Crippen MR) is 78.3 cm³/mol. The number of anilines is 1. The molecule has 0 saturated heterocycles. The van der Waals surface area contributed by atoms with Crippen LogP contribution in [0.1, 0.15) is 60.5 Å². The molecule has 2 aliphatic rings. The third-order valence-corrected chi connectivity index (χ3v) is 4.35. The zero-order valence-electron chi connectivity index (χ0n) is 12.2. The molecule has 6 heteroatoms. The van der Waals surface area contributed by atoms with Gasteiger partial charge in [-0.25, -0.2) is 4.98 Å². The van der Waals surface area contributed by atoms with Gasteiger partial charge in [0.25, 0.3) is 5.91 Å². The van der Waals surface area contributed by atoms with Crippen LogP contribution in [0.15, 0.2) is 4.42 Å². The summed E-state index contributed by atoms with van der Waals surface area (Å²) in [6.07, 6.45) is 4.43. The smallest absolute Gasteiger partial charge is 0.253 e. The number of nitrogens with two attached hydrogens (primary N) is 1. The Labute approximate surface area is 122 Å². The Morgan fingerprint density at radius 2 is 2.10 bits per heavy atom. The highest BCUT2D eigenvalue weighted by Crippen LogP contribution is 2.43. The van der Waals surface area contributed by atoms with Gasteiger partial charge < -0.3 is 15.5 Å². The van der Waals surface area contributed by atoms with Crippen LogP contribution in [0.5, 0.6) is 0 Å². The fourth-order valence-corrected chi connectivity index (χ4v) is 2.64. The largest absolute Gasteiger partial charge is 0.442 e. The molecule has 2 aromatic heterocycles. The van der Waals surface area contributed by atoms with Gasteiger partial charge in [-0.15, -0.1) is 0 Å². The maximum atomic E-state index is 11.7. The molecule has 0 bridgehead atoms. The average Bonchev–Trinajstić information content (AvgIpc) is 3.30. The Bertz CT molecular complexity index is 757. The van der Waals surface area contributed by atoms with Crippen LogP contribution in [0.25, 0.3) is 11.1 Å². The summed E-state index contributed by atoms with van der Waals surface area (Å²) in [7, 11) is 0. The lowest BCUT2D eigenvalue weighted by Crippen LogP contribution is -2.19. The lowest BCUT2D eigenvalue weighted by Gasteiger charge is -2.14. The summed E-state index contributed by atoms with van der Waals surface area (Å²) in [5.41, 5.74) is 6.41. The molecule has 4 rings (SSSR count). The second-order valence-electron chi connectivity index (χ2n) is 6.47. The summed E-state index contributed by atoms with van der Waals surface area (Å²) in [5, 5.41) is 4.07. The number of nitrogens with zero attached hydrogens (tertiary/aromatic N) is 2. The number of primary amides is 1. The van der Waals surface area contributed by atoms with E-state index in [4.69, 9.17) is 10.2 Å². The van der Waals surface area contributed by atoms with Gasteiger partial charge in [0.1, 0.15) is 17.4 Å². The molecule has 110 valence electrons. The number of hydrogen-bond acceptors (Lipinski definition) is 5. The van der Waals surface area contributed by atoms with E-state index >= 15 is 0 Å². The summed E-state index contributed by atoms with van der Waals surface area (Å²) in [6.45, 7) is 3.88. The topological polar surface area (TPSA) is 94.0 Å². The lowest BCUT2D eigenvalue weighted by molar-refractivity contribution is 0.1000. The Balaban J connectivity index is 1.94. The van der Waals surface area contributed by atoms with Crippen LogP contribution in [0.3, 0.4) is 0 Å². The third kappa shape index (κ3) is 2.05. The molecule has 0 aliphatic heterocycles. The zero-order chi connectivity index (χ0) is 14.8. The zero-order valence-corrected chi connectivity index (χ0v) is 12.2. The van der Waals surface area contributed by atoms with Crippen LogP contribution in [0.2, 0.25) is 0 Å². The molecule has 3 N–H and O–H groups in total. The molecule has 2 aliphatic carbocycles. The van der Waals surface area contributed by atoms with Crippen molar-refractivity contribution in [1.82, 2.24) is 9.97 Å². The molecule has 2 heterocycles. The van der Waals surface area contributed by atoms with Crippen molar-refractivity contribution in [2.24, 2.45) is 5.73 Å². The predicted octanol–water partition coefficient (Wildman–Crippen LogP) is 2.47. The molecule has 0 radical (unpaired) electrons. The SMILES string of the molecule is Cc1oc2nc(C3CC3)nc(NC3(C)CC3)c2c1C(N)=O. The van der Waals surface area contributed by atoms with Gasteiger partial charge in [-0.1, -0.05) is 0 Å². The van der Waals surface area contributed by atoms with Crippen molar-refractivity contribution in [2.75, 3.05) is 5.32 Å². The van der Waals surface area contributed by atoms with Crippen molar-refractivity contribution in [3.05, 3.63) is 17.1 Å². The van der Waals surface area contributed by atoms with E-state index in [1.165, 1.54) is 0 Å². The van der Waals surface area contributed by atoms with Gasteiger partial charge in [-0.2, -0.15) is 4.98 Å². The van der Waals surface area contributed by atoms with E-state index < -0.39 is 5.91 Å². The average molecular weight is 286 g/mol. The maximum absolute atomic E-state index is 11.7. The number of aryl methyl sites for hydroxylation is 1. The summed E-state index contributed by atoms with van der Waals surface area (Å²) in [4.78, 5) is 20.9. The number of hydrogen-bond donors (Lipinski definition) is 2. The van der Waals surface area contributed by atoms with Gasteiger partial charge >= 0.3 is 0 Å². The van der Waals surface area contributed by atoms with Gasteiger partial charge in [-0.3, -0.25) is 4.79 Å². The number of carbonyl (C=O) groups excluding carboxylic acids is 1. The molecule has 0 unspecified atom stereocenters. The number of nitrogens with one attached hydrogen (secondary N) is 1. The normalized spacial score (nSPS) is 19.7. The fourth-order valence-electron chi connectivity index (χ4n) is 2.64. The van der Waals surface area contributed by atoms with Gasteiger partial charge in [-0.05, 0) is 39.5 Å². The first-order chi connectivity index (χ1) is 9.97.